The first-order valence-corrected chi connectivity index (χ1v) is 7.42. The molecule has 2 aliphatic carbocycles. The van der Waals surface area contributed by atoms with Gasteiger partial charge in [0.25, 0.3) is 0 Å². The molecular weight excluding hydrogens is 244 g/mol. The minimum atomic E-state index is -0.463. The van der Waals surface area contributed by atoms with Crippen LogP contribution < -0.4 is 0 Å². The first-order chi connectivity index (χ1) is 8.85. The molecule has 108 valence electrons. The molecule has 1 heterocycles. The second-order valence-corrected chi connectivity index (χ2v) is 7.18. The number of ether oxygens (including phenoxy) is 1. The van der Waals surface area contributed by atoms with E-state index in [9.17, 15) is 15.0 Å². The SMILES string of the molecule is C[C@H]1[C@@H]2[C@@H]3OC(=O)[C@@H](C)[C@@H]3[C@@H](O)C[C@@]2(C)CC[C@H]1O. The molecule has 0 bridgehead atoms. The lowest BCUT2D eigenvalue weighted by molar-refractivity contribution is -0.172. The molecule has 19 heavy (non-hydrogen) atoms. The van der Waals surface area contributed by atoms with E-state index in [1.807, 2.05) is 6.92 Å². The van der Waals surface area contributed by atoms with Crippen LogP contribution in [0.5, 0.6) is 0 Å². The van der Waals surface area contributed by atoms with Gasteiger partial charge >= 0.3 is 5.97 Å². The lowest BCUT2D eigenvalue weighted by atomic mass is 9.52. The maximum absolute atomic E-state index is 11.9. The lowest BCUT2D eigenvalue weighted by Gasteiger charge is -2.55. The molecule has 1 saturated heterocycles. The van der Waals surface area contributed by atoms with E-state index in [0.717, 1.165) is 19.3 Å². The predicted octanol–water partition coefficient (Wildman–Crippen LogP) is 1.34. The van der Waals surface area contributed by atoms with Gasteiger partial charge in [0.15, 0.2) is 0 Å². The van der Waals surface area contributed by atoms with Crippen LogP contribution in [0.4, 0.5) is 0 Å². The number of hydrogen-bond donors (Lipinski definition) is 2. The van der Waals surface area contributed by atoms with E-state index in [-0.39, 0.29) is 47.3 Å². The van der Waals surface area contributed by atoms with Gasteiger partial charge in [-0.1, -0.05) is 20.8 Å². The van der Waals surface area contributed by atoms with Crippen LogP contribution in [0.1, 0.15) is 40.0 Å². The Bertz CT molecular complexity index is 396. The molecule has 0 radical (unpaired) electrons. The van der Waals surface area contributed by atoms with Crippen molar-refractivity contribution in [2.45, 2.75) is 58.3 Å². The van der Waals surface area contributed by atoms with Crippen LogP contribution in [0.3, 0.4) is 0 Å². The smallest absolute Gasteiger partial charge is 0.309 e. The third-order valence-electron chi connectivity index (χ3n) is 6.04. The van der Waals surface area contributed by atoms with Crippen LogP contribution in [-0.2, 0) is 9.53 Å². The molecule has 0 amide bonds. The molecule has 3 rings (SSSR count). The van der Waals surface area contributed by atoms with E-state index in [1.54, 1.807) is 0 Å². The maximum Gasteiger partial charge on any atom is 0.309 e. The summed E-state index contributed by atoms with van der Waals surface area (Å²) in [6, 6.07) is 0. The third kappa shape index (κ3) is 1.76. The van der Waals surface area contributed by atoms with Crippen molar-refractivity contribution < 1.29 is 19.7 Å². The molecule has 0 aromatic heterocycles. The van der Waals surface area contributed by atoms with E-state index in [4.69, 9.17) is 4.74 Å². The monoisotopic (exact) mass is 268 g/mol. The number of aliphatic hydroxyl groups excluding tert-OH is 2. The van der Waals surface area contributed by atoms with Gasteiger partial charge in [-0.3, -0.25) is 4.79 Å². The first kappa shape index (κ1) is 13.4. The van der Waals surface area contributed by atoms with Gasteiger partial charge in [0, 0.05) is 11.8 Å². The van der Waals surface area contributed by atoms with Crippen molar-refractivity contribution in [3.63, 3.8) is 0 Å². The van der Waals surface area contributed by atoms with E-state index < -0.39 is 6.10 Å². The number of carbonyl (C=O) groups is 1. The van der Waals surface area contributed by atoms with Gasteiger partial charge in [0.1, 0.15) is 6.10 Å². The van der Waals surface area contributed by atoms with E-state index >= 15 is 0 Å². The number of rotatable bonds is 0. The molecule has 3 aliphatic rings. The number of aliphatic hydroxyl groups is 2. The number of carbonyl (C=O) groups excluding carboxylic acids is 1. The second-order valence-electron chi connectivity index (χ2n) is 7.18. The fourth-order valence-electron chi connectivity index (χ4n) is 4.96. The molecule has 2 N–H and O–H groups in total. The summed E-state index contributed by atoms with van der Waals surface area (Å²) < 4.78 is 5.59. The quantitative estimate of drug-likeness (QED) is 0.651. The maximum atomic E-state index is 11.9. The van der Waals surface area contributed by atoms with Crippen LogP contribution >= 0.6 is 0 Å². The molecule has 8 atom stereocenters. The first-order valence-electron chi connectivity index (χ1n) is 7.42. The van der Waals surface area contributed by atoms with Crippen LogP contribution in [0, 0.1) is 29.1 Å². The van der Waals surface area contributed by atoms with Crippen LogP contribution in [0.15, 0.2) is 0 Å². The van der Waals surface area contributed by atoms with Gasteiger partial charge in [-0.2, -0.15) is 0 Å². The summed E-state index contributed by atoms with van der Waals surface area (Å²) in [4.78, 5) is 11.9. The average Bonchev–Trinajstić information content (AvgIpc) is 2.61. The van der Waals surface area contributed by atoms with Crippen molar-refractivity contribution >= 4 is 5.97 Å². The Morgan fingerprint density at radius 2 is 1.95 bits per heavy atom. The van der Waals surface area contributed by atoms with Gasteiger partial charge in [-0.25, -0.2) is 0 Å². The highest BCUT2D eigenvalue weighted by Gasteiger charge is 2.61. The Hall–Kier alpha value is -0.610. The summed E-state index contributed by atoms with van der Waals surface area (Å²) in [6.07, 6.45) is 1.40. The zero-order chi connectivity index (χ0) is 13.9. The molecule has 1 aliphatic heterocycles. The van der Waals surface area contributed by atoms with Crippen molar-refractivity contribution in [1.29, 1.82) is 0 Å². The number of fused-ring (bicyclic) bond motifs is 3. The third-order valence-corrected chi connectivity index (χ3v) is 6.04. The van der Waals surface area contributed by atoms with Crippen LogP contribution in [0.2, 0.25) is 0 Å². The molecule has 0 aromatic rings. The molecule has 2 saturated carbocycles. The Morgan fingerprint density at radius 3 is 2.63 bits per heavy atom. The van der Waals surface area contributed by atoms with Crippen LogP contribution in [0.25, 0.3) is 0 Å². The fourth-order valence-corrected chi connectivity index (χ4v) is 4.96. The molecule has 3 fully saturated rings. The standard InChI is InChI=1S/C15H24O4/c1-7-9(16)4-5-15(3)6-10(17)11-8(2)14(18)19-13(11)12(7)15/h7-13,16-17H,4-6H2,1-3H3/t7-,8+,9-,10+,11-,12-,13-,15-/m1/s1. The van der Waals surface area contributed by atoms with Crippen LogP contribution in [-0.4, -0.2) is 34.5 Å². The van der Waals surface area contributed by atoms with Gasteiger partial charge in [-0.15, -0.1) is 0 Å². The minimum Gasteiger partial charge on any atom is -0.461 e. The van der Waals surface area contributed by atoms with Crippen molar-refractivity contribution in [1.82, 2.24) is 0 Å². The van der Waals surface area contributed by atoms with Gasteiger partial charge in [-0.05, 0) is 30.6 Å². The zero-order valence-electron chi connectivity index (χ0n) is 11.9. The lowest BCUT2D eigenvalue weighted by Crippen LogP contribution is -2.57. The van der Waals surface area contributed by atoms with Crippen molar-refractivity contribution in [2.75, 3.05) is 0 Å². The highest BCUT2D eigenvalue weighted by molar-refractivity contribution is 5.75. The highest BCUT2D eigenvalue weighted by atomic mass is 16.6. The van der Waals surface area contributed by atoms with Crippen molar-refractivity contribution in [3.05, 3.63) is 0 Å². The van der Waals surface area contributed by atoms with E-state index in [1.165, 1.54) is 0 Å². The summed E-state index contributed by atoms with van der Waals surface area (Å²) in [5, 5.41) is 20.6. The molecule has 0 unspecified atom stereocenters. The second kappa shape index (κ2) is 4.19. The average molecular weight is 268 g/mol. The summed E-state index contributed by atoms with van der Waals surface area (Å²) in [5.41, 5.74) is -0.0242. The summed E-state index contributed by atoms with van der Waals surface area (Å²) in [6.45, 7) is 6.08. The molecule has 0 spiro atoms. The van der Waals surface area contributed by atoms with Crippen molar-refractivity contribution in [2.24, 2.45) is 29.1 Å². The van der Waals surface area contributed by atoms with Gasteiger partial charge < -0.3 is 14.9 Å². The molecule has 4 nitrogen and oxygen atoms in total. The molecule has 4 heteroatoms. The fraction of sp³-hybridized carbons (Fsp3) is 0.933. The Balaban J connectivity index is 1.98. The Morgan fingerprint density at radius 1 is 1.26 bits per heavy atom. The summed E-state index contributed by atoms with van der Waals surface area (Å²) in [5.74, 6) is -0.227. The highest BCUT2D eigenvalue weighted by Crippen LogP contribution is 2.57. The topological polar surface area (TPSA) is 66.8 Å². The number of hydrogen-bond acceptors (Lipinski definition) is 4. The zero-order valence-corrected chi connectivity index (χ0v) is 11.9. The normalized spacial score (nSPS) is 57.3. The summed E-state index contributed by atoms with van der Waals surface area (Å²) in [7, 11) is 0. The Labute approximate surface area is 114 Å². The largest absolute Gasteiger partial charge is 0.461 e. The Kier molecular flexibility index (Phi) is 2.95. The molecule has 0 aromatic carbocycles. The van der Waals surface area contributed by atoms with Gasteiger partial charge in [0.2, 0.25) is 0 Å². The van der Waals surface area contributed by atoms with E-state index in [2.05, 4.69) is 13.8 Å². The minimum absolute atomic E-state index is 0.0242. The van der Waals surface area contributed by atoms with Gasteiger partial charge in [0.05, 0.1) is 18.1 Å². The summed E-state index contributed by atoms with van der Waals surface area (Å²) >= 11 is 0. The molecular formula is C15H24O4. The predicted molar refractivity (Wildman–Crippen MR) is 69.2 cm³/mol. The number of esters is 1. The van der Waals surface area contributed by atoms with Crippen molar-refractivity contribution in [3.8, 4) is 0 Å². The van der Waals surface area contributed by atoms with E-state index in [0.29, 0.717) is 0 Å².